The van der Waals surface area contributed by atoms with Crippen molar-refractivity contribution in [3.8, 4) is 23.7 Å². The van der Waals surface area contributed by atoms with Crippen molar-refractivity contribution in [2.75, 3.05) is 0 Å². The van der Waals surface area contributed by atoms with Gasteiger partial charge in [0, 0.05) is 5.56 Å². The number of hydrogen-bond donors (Lipinski definition) is 0. The van der Waals surface area contributed by atoms with Crippen LogP contribution in [0.5, 0.6) is 0 Å². The van der Waals surface area contributed by atoms with Crippen LogP contribution in [-0.4, -0.2) is 8.75 Å². The highest BCUT2D eigenvalue weighted by Crippen LogP contribution is 2.28. The fourth-order valence-electron chi connectivity index (χ4n) is 3.94. The first-order valence-corrected chi connectivity index (χ1v) is 11.0. The minimum absolute atomic E-state index is 0.807. The molecule has 2 nitrogen and oxygen atoms in total. The summed E-state index contributed by atoms with van der Waals surface area (Å²) in [6.07, 6.45) is 7.97. The zero-order valence-corrected chi connectivity index (χ0v) is 17.8. The zero-order chi connectivity index (χ0) is 21.3. The van der Waals surface area contributed by atoms with E-state index in [0.29, 0.717) is 0 Å². The van der Waals surface area contributed by atoms with Gasteiger partial charge in [-0.15, -0.1) is 0 Å². The third-order valence-electron chi connectivity index (χ3n) is 5.51. The molecular formula is C29H15N2S. The summed E-state index contributed by atoms with van der Waals surface area (Å²) in [5.41, 5.74) is 4.39. The summed E-state index contributed by atoms with van der Waals surface area (Å²) in [4.78, 5) is 0. The molecule has 0 unspecified atom stereocenters. The van der Waals surface area contributed by atoms with Gasteiger partial charge in [-0.2, -0.15) is 8.75 Å². The van der Waals surface area contributed by atoms with Gasteiger partial charge in [0.15, 0.2) is 0 Å². The Bertz CT molecular complexity index is 1540. The van der Waals surface area contributed by atoms with Crippen LogP contribution in [0, 0.1) is 55.3 Å². The molecule has 1 heterocycles. The van der Waals surface area contributed by atoms with Crippen molar-refractivity contribution in [3.63, 3.8) is 0 Å². The number of hydrogen-bond acceptors (Lipinski definition) is 3. The predicted molar refractivity (Wildman–Crippen MR) is 132 cm³/mol. The Hall–Kier alpha value is -3.66. The standard InChI is InChI=1S/C29H15N2S/c1-2-8-20(7-1)13-14-21-15-16-22(29-28(21)30-32-31-29)17-18-27-25-11-5-3-9-23(25)19-24-10-4-6-12-26(24)27/h1-12,15-16,19H. The first-order chi connectivity index (χ1) is 15.9. The van der Waals surface area contributed by atoms with Gasteiger partial charge in [-0.3, -0.25) is 0 Å². The Kier molecular flexibility index (Phi) is 4.83. The van der Waals surface area contributed by atoms with Crippen molar-refractivity contribution in [1.29, 1.82) is 0 Å². The molecule has 0 bridgehead atoms. The lowest BCUT2D eigenvalue weighted by Gasteiger charge is -2.06. The predicted octanol–water partition coefficient (Wildman–Crippen LogP) is 6.15. The lowest BCUT2D eigenvalue weighted by atomic mass is 9.97. The molecule has 5 aromatic rings. The second-order valence-corrected chi connectivity index (χ2v) is 8.02. The van der Waals surface area contributed by atoms with Gasteiger partial charge >= 0.3 is 0 Å². The minimum Gasteiger partial charge on any atom is -0.172 e. The van der Waals surface area contributed by atoms with Crippen molar-refractivity contribution >= 4 is 44.3 Å². The van der Waals surface area contributed by atoms with Crippen LogP contribution in [0.15, 0.2) is 66.7 Å². The van der Waals surface area contributed by atoms with Crippen LogP contribution < -0.4 is 0 Å². The van der Waals surface area contributed by atoms with Gasteiger partial charge in [0.2, 0.25) is 0 Å². The number of fused-ring (bicyclic) bond motifs is 3. The SMILES string of the molecule is C(#Cc1ccc(C#Cc2c3ccccc3cc3ccccc23)c2nsnc12)[C]1[CH][CH][CH][CH]1. The Labute approximate surface area is 191 Å². The molecule has 3 heteroatoms. The maximum Gasteiger partial charge on any atom is 0.121 e. The molecule has 6 rings (SSSR count). The van der Waals surface area contributed by atoms with E-state index >= 15 is 0 Å². The maximum absolute atomic E-state index is 4.52. The first-order valence-electron chi connectivity index (χ1n) is 10.3. The second kappa shape index (κ2) is 8.12. The Morgan fingerprint density at radius 1 is 0.594 bits per heavy atom. The summed E-state index contributed by atoms with van der Waals surface area (Å²) in [5.74, 6) is 14.2. The first kappa shape index (κ1) is 19.1. The highest BCUT2D eigenvalue weighted by molar-refractivity contribution is 7.00. The molecule has 0 atom stereocenters. The molecule has 1 aliphatic rings. The van der Waals surface area contributed by atoms with E-state index in [1.54, 1.807) is 0 Å². The van der Waals surface area contributed by atoms with E-state index in [1.165, 1.54) is 22.5 Å². The Morgan fingerprint density at radius 3 is 1.78 bits per heavy atom. The molecule has 0 spiro atoms. The molecule has 32 heavy (non-hydrogen) atoms. The van der Waals surface area contributed by atoms with Gasteiger partial charge in [-0.1, -0.05) is 72.2 Å². The van der Waals surface area contributed by atoms with Crippen molar-refractivity contribution in [2.24, 2.45) is 0 Å². The minimum atomic E-state index is 0.807. The molecule has 1 fully saturated rings. The smallest absolute Gasteiger partial charge is 0.121 e. The molecule has 0 N–H and O–H groups in total. The van der Waals surface area contributed by atoms with Gasteiger partial charge in [0.05, 0.1) is 28.8 Å². The van der Waals surface area contributed by atoms with E-state index in [9.17, 15) is 0 Å². The van der Waals surface area contributed by atoms with E-state index in [1.807, 2.05) is 37.8 Å². The van der Waals surface area contributed by atoms with E-state index in [-0.39, 0.29) is 0 Å². The van der Waals surface area contributed by atoms with Crippen LogP contribution in [0.4, 0.5) is 0 Å². The third kappa shape index (κ3) is 3.42. The average molecular weight is 424 g/mol. The molecule has 1 aliphatic carbocycles. The molecule has 147 valence electrons. The van der Waals surface area contributed by atoms with Crippen LogP contribution >= 0.6 is 11.7 Å². The monoisotopic (exact) mass is 423 g/mol. The number of benzene rings is 4. The van der Waals surface area contributed by atoms with E-state index in [0.717, 1.165) is 44.4 Å². The summed E-state index contributed by atoms with van der Waals surface area (Å²) in [6.45, 7) is 0. The van der Waals surface area contributed by atoms with Gasteiger partial charge < -0.3 is 0 Å². The van der Waals surface area contributed by atoms with Gasteiger partial charge in [0.25, 0.3) is 0 Å². The van der Waals surface area contributed by atoms with Crippen LogP contribution in [0.2, 0.25) is 0 Å². The molecule has 1 saturated carbocycles. The van der Waals surface area contributed by atoms with Crippen molar-refractivity contribution < 1.29 is 0 Å². The van der Waals surface area contributed by atoms with Gasteiger partial charge in [0.1, 0.15) is 11.0 Å². The maximum atomic E-state index is 4.52. The summed E-state index contributed by atoms with van der Waals surface area (Å²) in [6, 6.07) is 23.0. The lowest BCUT2D eigenvalue weighted by Crippen LogP contribution is -1.88. The van der Waals surface area contributed by atoms with E-state index < -0.39 is 0 Å². The molecule has 5 radical (unpaired) electrons. The van der Waals surface area contributed by atoms with Crippen molar-refractivity contribution in [2.45, 2.75) is 0 Å². The highest BCUT2D eigenvalue weighted by Gasteiger charge is 2.14. The molecule has 0 amide bonds. The molecule has 4 aromatic carbocycles. The fraction of sp³-hybridized carbons (Fsp3) is 0. The van der Waals surface area contributed by atoms with Crippen LogP contribution in [0.3, 0.4) is 0 Å². The third-order valence-corrected chi connectivity index (χ3v) is 6.04. The second-order valence-electron chi connectivity index (χ2n) is 7.49. The largest absolute Gasteiger partial charge is 0.172 e. The van der Waals surface area contributed by atoms with Crippen LogP contribution in [-0.2, 0) is 0 Å². The van der Waals surface area contributed by atoms with Gasteiger partial charge in [-0.25, -0.2) is 0 Å². The summed E-state index contributed by atoms with van der Waals surface area (Å²) in [5, 5.41) is 4.69. The fourth-order valence-corrected chi connectivity index (χ4v) is 4.52. The highest BCUT2D eigenvalue weighted by atomic mass is 32.1. The summed E-state index contributed by atoms with van der Waals surface area (Å²) in [7, 11) is 0. The van der Waals surface area contributed by atoms with Crippen LogP contribution in [0.25, 0.3) is 32.6 Å². The molecule has 0 saturated heterocycles. The number of rotatable bonds is 0. The molecule has 1 aromatic heterocycles. The average Bonchev–Trinajstić information content (AvgIpc) is 3.53. The lowest BCUT2D eigenvalue weighted by molar-refractivity contribution is 1.43. The zero-order valence-electron chi connectivity index (χ0n) is 17.0. The molecule has 0 aliphatic heterocycles. The summed E-state index contributed by atoms with van der Waals surface area (Å²) < 4.78 is 9.02. The summed E-state index contributed by atoms with van der Waals surface area (Å²) >= 11 is 1.20. The Balaban J connectivity index is 1.48. The Morgan fingerprint density at radius 2 is 1.16 bits per heavy atom. The topological polar surface area (TPSA) is 25.8 Å². The van der Waals surface area contributed by atoms with Crippen LogP contribution in [0.1, 0.15) is 16.7 Å². The molecular weight excluding hydrogens is 408 g/mol. The van der Waals surface area contributed by atoms with E-state index in [4.69, 9.17) is 0 Å². The van der Waals surface area contributed by atoms with E-state index in [2.05, 4.69) is 87.0 Å². The quantitative estimate of drug-likeness (QED) is 0.220. The van der Waals surface area contributed by atoms with Crippen molar-refractivity contribution in [1.82, 2.24) is 8.75 Å². The van der Waals surface area contributed by atoms with Gasteiger partial charge in [-0.05, 0) is 65.4 Å². The number of aromatic nitrogens is 2. The number of nitrogens with zero attached hydrogens (tertiary/aromatic N) is 2. The van der Waals surface area contributed by atoms with Crippen molar-refractivity contribution in [3.05, 3.63) is 115 Å². The normalized spacial score (nSPS) is 13.8.